The van der Waals surface area contributed by atoms with Crippen molar-refractivity contribution in [2.75, 3.05) is 43.4 Å². The number of rotatable bonds is 6. The molecule has 4 rings (SSSR count). The summed E-state index contributed by atoms with van der Waals surface area (Å²) in [6, 6.07) is 9.35. The Kier molecular flexibility index (Phi) is 6.30. The fourth-order valence-corrected chi connectivity index (χ4v) is 5.10. The predicted molar refractivity (Wildman–Crippen MR) is 118 cm³/mol. The molecule has 158 valence electrons. The Morgan fingerprint density at radius 3 is 2.43 bits per heavy atom. The van der Waals surface area contributed by atoms with Gasteiger partial charge in [-0.3, -0.25) is 0 Å². The van der Waals surface area contributed by atoms with Gasteiger partial charge in [0.1, 0.15) is 5.82 Å². The summed E-state index contributed by atoms with van der Waals surface area (Å²) in [7, 11) is -3.43. The summed E-state index contributed by atoms with van der Waals surface area (Å²) in [6.07, 6.45) is 1.73. The number of hydrogen-bond acceptors (Lipinski definition) is 8. The van der Waals surface area contributed by atoms with Crippen LogP contribution < -0.4 is 4.90 Å². The molecule has 0 unspecified atom stereocenters. The van der Waals surface area contributed by atoms with Crippen LogP contribution >= 0.6 is 23.1 Å². The fraction of sp³-hybridized carbons (Fsp3) is 0.316. The molecule has 0 radical (unpaired) electrons. The largest absolute Gasteiger partial charge is 0.395 e. The summed E-state index contributed by atoms with van der Waals surface area (Å²) >= 11 is 7.35. The van der Waals surface area contributed by atoms with Crippen molar-refractivity contribution in [1.82, 2.24) is 18.6 Å². The van der Waals surface area contributed by atoms with Gasteiger partial charge in [-0.2, -0.15) is 4.31 Å². The van der Waals surface area contributed by atoms with Crippen molar-refractivity contribution in [3.63, 3.8) is 0 Å². The molecule has 1 saturated heterocycles. The Labute approximate surface area is 184 Å². The molecule has 1 aromatic carbocycles. The van der Waals surface area contributed by atoms with Gasteiger partial charge in [0, 0.05) is 48.2 Å². The first kappa shape index (κ1) is 21.1. The minimum atomic E-state index is -3.43. The second kappa shape index (κ2) is 8.94. The highest BCUT2D eigenvalue weighted by Gasteiger charge is 2.27. The van der Waals surface area contributed by atoms with Gasteiger partial charge >= 0.3 is 0 Å². The maximum absolute atomic E-state index is 12.2. The fourth-order valence-electron chi connectivity index (χ4n) is 3.25. The molecule has 1 fully saturated rings. The van der Waals surface area contributed by atoms with Crippen LogP contribution in [0.15, 0.2) is 41.9 Å². The highest BCUT2D eigenvalue weighted by Crippen LogP contribution is 2.28. The number of sulfonamides is 1. The number of anilines is 1. The smallest absolute Gasteiger partial charge is 0.216 e. The van der Waals surface area contributed by atoms with Crippen LogP contribution in [-0.2, 0) is 10.0 Å². The van der Waals surface area contributed by atoms with Gasteiger partial charge in [-0.15, -0.1) is 0 Å². The van der Waals surface area contributed by atoms with Crippen LogP contribution in [0.4, 0.5) is 5.82 Å². The summed E-state index contributed by atoms with van der Waals surface area (Å²) in [5.41, 5.74) is 2.51. The molecule has 0 amide bonds. The van der Waals surface area contributed by atoms with Crippen molar-refractivity contribution in [3.8, 4) is 22.6 Å². The molecule has 1 aliphatic rings. The Hall–Kier alpha value is -2.11. The monoisotopic (exact) mass is 465 g/mol. The van der Waals surface area contributed by atoms with E-state index in [0.29, 0.717) is 37.0 Å². The van der Waals surface area contributed by atoms with Crippen LogP contribution in [0.25, 0.3) is 22.6 Å². The van der Waals surface area contributed by atoms with Gasteiger partial charge in [0.25, 0.3) is 0 Å². The normalized spacial score (nSPS) is 15.5. The van der Waals surface area contributed by atoms with Gasteiger partial charge in [-0.25, -0.2) is 22.8 Å². The Bertz CT molecular complexity index is 1100. The highest BCUT2D eigenvalue weighted by molar-refractivity contribution is 7.89. The molecule has 1 N–H and O–H groups in total. The summed E-state index contributed by atoms with van der Waals surface area (Å²) in [5, 5.41) is 11.5. The van der Waals surface area contributed by atoms with E-state index in [4.69, 9.17) is 26.7 Å². The number of hydrogen-bond donors (Lipinski definition) is 1. The molecule has 0 atom stereocenters. The summed E-state index contributed by atoms with van der Waals surface area (Å²) in [5.74, 6) is 1.05. The lowest BCUT2D eigenvalue weighted by Gasteiger charge is -2.34. The van der Waals surface area contributed by atoms with E-state index >= 15 is 0 Å². The van der Waals surface area contributed by atoms with Crippen LogP contribution in [0.5, 0.6) is 0 Å². The van der Waals surface area contributed by atoms with Gasteiger partial charge in [-0.1, -0.05) is 23.7 Å². The molecule has 0 saturated carbocycles. The topological polar surface area (TPSA) is 99.5 Å². The zero-order valence-corrected chi connectivity index (χ0v) is 18.4. The molecule has 30 heavy (non-hydrogen) atoms. The lowest BCUT2D eigenvalue weighted by atomic mass is 10.1. The van der Waals surface area contributed by atoms with E-state index < -0.39 is 10.0 Å². The lowest BCUT2D eigenvalue weighted by Crippen LogP contribution is -2.49. The summed E-state index contributed by atoms with van der Waals surface area (Å²) in [6.45, 7) is 1.32. The molecular formula is C19H20ClN5O3S2. The van der Waals surface area contributed by atoms with Gasteiger partial charge in [0.2, 0.25) is 10.0 Å². The second-order valence-electron chi connectivity index (χ2n) is 6.78. The van der Waals surface area contributed by atoms with Crippen molar-refractivity contribution in [2.45, 2.75) is 0 Å². The lowest BCUT2D eigenvalue weighted by molar-refractivity contribution is 0.312. The minimum Gasteiger partial charge on any atom is -0.395 e. The zero-order chi connectivity index (χ0) is 21.1. The third-order valence-electron chi connectivity index (χ3n) is 4.85. The molecule has 0 bridgehead atoms. The van der Waals surface area contributed by atoms with Gasteiger partial charge in [-0.05, 0) is 23.7 Å². The number of aliphatic hydroxyl groups excluding tert-OH is 1. The van der Waals surface area contributed by atoms with Gasteiger partial charge < -0.3 is 10.0 Å². The van der Waals surface area contributed by atoms with Crippen LogP contribution in [0.2, 0.25) is 5.02 Å². The molecule has 3 aromatic rings. The first-order valence-electron chi connectivity index (χ1n) is 9.35. The maximum Gasteiger partial charge on any atom is 0.216 e. The van der Waals surface area contributed by atoms with E-state index in [1.165, 1.54) is 15.8 Å². The number of benzene rings is 1. The second-order valence-corrected chi connectivity index (χ2v) is 9.96. The zero-order valence-electron chi connectivity index (χ0n) is 16.0. The van der Waals surface area contributed by atoms with Crippen LogP contribution in [0, 0.1) is 0 Å². The average molecular weight is 466 g/mol. The predicted octanol–water partition coefficient (Wildman–Crippen LogP) is 2.36. The Morgan fingerprint density at radius 1 is 1.07 bits per heavy atom. The number of aromatic nitrogens is 3. The van der Waals surface area contributed by atoms with E-state index in [-0.39, 0.29) is 12.4 Å². The molecule has 8 nitrogen and oxygen atoms in total. The van der Waals surface area contributed by atoms with E-state index in [2.05, 4.69) is 9.27 Å². The first-order valence-corrected chi connectivity index (χ1v) is 12.2. The molecule has 2 aromatic heterocycles. The van der Waals surface area contributed by atoms with Gasteiger partial charge in [0.05, 0.1) is 29.8 Å². The molecular weight excluding hydrogens is 446 g/mol. The molecule has 3 heterocycles. The van der Waals surface area contributed by atoms with E-state index in [0.717, 1.165) is 22.6 Å². The standard InChI is InChI=1S/C19H20ClN5O3S2/c20-16-3-1-14(2-4-16)17-11-18(23-19(22-17)15-12-21-29-13-15)24-5-7-25(8-6-24)30(27,28)10-9-26/h1-4,11-13,26H,5-10H2. The number of nitrogens with zero attached hydrogens (tertiary/aromatic N) is 5. The van der Waals surface area contributed by atoms with Crippen molar-refractivity contribution in [1.29, 1.82) is 0 Å². The van der Waals surface area contributed by atoms with E-state index in [1.54, 1.807) is 6.20 Å². The van der Waals surface area contributed by atoms with E-state index in [9.17, 15) is 8.42 Å². The maximum atomic E-state index is 12.2. The summed E-state index contributed by atoms with van der Waals surface area (Å²) in [4.78, 5) is 11.5. The Balaban J connectivity index is 1.64. The van der Waals surface area contributed by atoms with Crippen molar-refractivity contribution < 1.29 is 13.5 Å². The van der Waals surface area contributed by atoms with Crippen LogP contribution in [0.3, 0.4) is 0 Å². The average Bonchev–Trinajstić information content (AvgIpc) is 3.29. The molecule has 11 heteroatoms. The van der Waals surface area contributed by atoms with E-state index in [1.807, 2.05) is 35.7 Å². The molecule has 1 aliphatic heterocycles. The Morgan fingerprint density at radius 2 is 1.80 bits per heavy atom. The quantitative estimate of drug-likeness (QED) is 0.596. The SMILES string of the molecule is O=S(=O)(CCO)N1CCN(c2cc(-c3ccc(Cl)cc3)nc(-c3cnsc3)n2)CC1. The van der Waals surface area contributed by atoms with Crippen molar-refractivity contribution in [2.24, 2.45) is 0 Å². The number of piperazine rings is 1. The molecule has 0 spiro atoms. The third kappa shape index (κ3) is 4.62. The van der Waals surface area contributed by atoms with Crippen molar-refractivity contribution in [3.05, 3.63) is 46.9 Å². The van der Waals surface area contributed by atoms with Crippen LogP contribution in [0.1, 0.15) is 0 Å². The number of aliphatic hydroxyl groups is 1. The van der Waals surface area contributed by atoms with Crippen LogP contribution in [-0.4, -0.2) is 70.7 Å². The van der Waals surface area contributed by atoms with Gasteiger partial charge in [0.15, 0.2) is 5.82 Å². The highest BCUT2D eigenvalue weighted by atomic mass is 35.5. The minimum absolute atomic E-state index is 0.253. The van der Waals surface area contributed by atoms with Crippen molar-refractivity contribution >= 4 is 39.0 Å². The first-order chi connectivity index (χ1) is 14.5. The number of halogens is 1. The molecule has 0 aliphatic carbocycles. The third-order valence-corrected chi connectivity index (χ3v) is 7.54. The summed E-state index contributed by atoms with van der Waals surface area (Å²) < 4.78 is 30.0.